The minimum Gasteiger partial charge on any atom is -0.496 e. The first-order valence-electron chi connectivity index (χ1n) is 12.4. The Morgan fingerprint density at radius 2 is 1.82 bits per heavy atom. The molecule has 0 radical (unpaired) electrons. The Labute approximate surface area is 228 Å². The lowest BCUT2D eigenvalue weighted by atomic mass is 10.1. The molecule has 0 saturated carbocycles. The van der Waals surface area contributed by atoms with E-state index < -0.39 is 17.8 Å². The van der Waals surface area contributed by atoms with Crippen LogP contribution in [0.1, 0.15) is 22.4 Å². The van der Waals surface area contributed by atoms with Crippen LogP contribution in [0.5, 0.6) is 17.4 Å². The van der Waals surface area contributed by atoms with E-state index in [0.29, 0.717) is 49.2 Å². The number of fused-ring (bicyclic) bond motifs is 1. The van der Waals surface area contributed by atoms with Crippen molar-refractivity contribution < 1.29 is 32.2 Å². The molecular weight excluding hydrogens is 525 g/mol. The van der Waals surface area contributed by atoms with Gasteiger partial charge in [0.15, 0.2) is 0 Å². The Kier molecular flexibility index (Phi) is 7.83. The molecule has 40 heavy (non-hydrogen) atoms. The van der Waals surface area contributed by atoms with Crippen LogP contribution in [0.15, 0.2) is 79.1 Å². The number of alkyl halides is 3. The summed E-state index contributed by atoms with van der Waals surface area (Å²) in [6.07, 6.45) is -2.67. The van der Waals surface area contributed by atoms with Crippen molar-refractivity contribution >= 4 is 17.4 Å². The van der Waals surface area contributed by atoms with Crippen LogP contribution in [-0.4, -0.2) is 29.7 Å². The number of urea groups is 1. The molecular formula is C29H25F3N4O4. The highest BCUT2D eigenvalue weighted by Crippen LogP contribution is 2.38. The molecule has 11 heteroatoms. The van der Waals surface area contributed by atoms with Crippen LogP contribution in [0.4, 0.5) is 29.3 Å². The SMILES string of the molecule is COc1ccc(NC(=O)N2CCc3cc(Oc4cc(COCc5ccccc5)ncn4)ccc32)cc1C(F)(F)F. The molecule has 3 aromatic carbocycles. The molecule has 0 atom stereocenters. The zero-order chi connectivity index (χ0) is 28.1. The highest BCUT2D eigenvalue weighted by atomic mass is 19.4. The van der Waals surface area contributed by atoms with Gasteiger partial charge in [0.2, 0.25) is 5.88 Å². The standard InChI is InChI=1S/C29H25F3N4O4/c1-38-26-10-7-21(14-24(26)29(30,31)32)35-28(37)36-12-11-20-13-23(8-9-25(20)36)40-27-15-22(33-18-34-27)17-39-16-19-5-3-2-4-6-19/h2-10,13-15,18H,11-12,16-17H2,1H3,(H,35,37). The Bertz CT molecular complexity index is 1500. The van der Waals surface area contributed by atoms with Crippen molar-refractivity contribution in [1.82, 2.24) is 9.97 Å². The number of amides is 2. The number of nitrogens with zero attached hydrogens (tertiary/aromatic N) is 3. The summed E-state index contributed by atoms with van der Waals surface area (Å²) in [5, 5.41) is 2.55. The highest BCUT2D eigenvalue weighted by Gasteiger charge is 2.35. The van der Waals surface area contributed by atoms with Gasteiger partial charge in [-0.2, -0.15) is 13.2 Å². The number of methoxy groups -OCH3 is 1. The molecule has 2 heterocycles. The van der Waals surface area contributed by atoms with Gasteiger partial charge in [-0.25, -0.2) is 14.8 Å². The first kappa shape index (κ1) is 26.9. The molecule has 1 aliphatic heterocycles. The van der Waals surface area contributed by atoms with Crippen LogP contribution in [0.2, 0.25) is 0 Å². The van der Waals surface area contributed by atoms with Crippen molar-refractivity contribution in [3.05, 3.63) is 102 Å². The fraction of sp³-hybridized carbons (Fsp3) is 0.207. The second-order valence-electron chi connectivity index (χ2n) is 8.96. The van der Waals surface area contributed by atoms with Gasteiger partial charge in [0.25, 0.3) is 0 Å². The average molecular weight is 551 g/mol. The van der Waals surface area contributed by atoms with E-state index in [1.165, 1.54) is 23.4 Å². The third kappa shape index (κ3) is 6.32. The fourth-order valence-electron chi connectivity index (χ4n) is 4.33. The van der Waals surface area contributed by atoms with E-state index in [1.54, 1.807) is 18.2 Å². The van der Waals surface area contributed by atoms with Crippen LogP contribution < -0.4 is 19.7 Å². The predicted molar refractivity (Wildman–Crippen MR) is 142 cm³/mol. The molecule has 1 aromatic heterocycles. The van der Waals surface area contributed by atoms with Gasteiger partial charge in [-0.05, 0) is 53.9 Å². The number of aromatic nitrogens is 2. The molecule has 2 amide bonds. The zero-order valence-corrected chi connectivity index (χ0v) is 21.4. The molecule has 0 spiro atoms. The number of benzene rings is 3. The van der Waals surface area contributed by atoms with E-state index in [1.807, 2.05) is 36.4 Å². The van der Waals surface area contributed by atoms with Crippen molar-refractivity contribution in [3.63, 3.8) is 0 Å². The van der Waals surface area contributed by atoms with Crippen molar-refractivity contribution in [2.24, 2.45) is 0 Å². The monoisotopic (exact) mass is 550 g/mol. The minimum absolute atomic E-state index is 0.0128. The maximum absolute atomic E-state index is 13.4. The topological polar surface area (TPSA) is 85.8 Å². The molecule has 1 aliphatic rings. The van der Waals surface area contributed by atoms with E-state index in [9.17, 15) is 18.0 Å². The van der Waals surface area contributed by atoms with Crippen molar-refractivity contribution in [2.45, 2.75) is 25.8 Å². The summed E-state index contributed by atoms with van der Waals surface area (Å²) in [6.45, 7) is 1.11. The zero-order valence-electron chi connectivity index (χ0n) is 21.4. The normalized spacial score (nSPS) is 12.7. The van der Waals surface area contributed by atoms with E-state index in [0.717, 1.165) is 24.3 Å². The minimum atomic E-state index is -4.62. The predicted octanol–water partition coefficient (Wildman–Crippen LogP) is 6.61. The Hall–Kier alpha value is -4.64. The first-order valence-corrected chi connectivity index (χ1v) is 12.4. The molecule has 0 saturated heterocycles. The van der Waals surface area contributed by atoms with Gasteiger partial charge in [0.1, 0.15) is 17.8 Å². The number of hydrogen-bond acceptors (Lipinski definition) is 6. The lowest BCUT2D eigenvalue weighted by Crippen LogP contribution is -2.33. The summed E-state index contributed by atoms with van der Waals surface area (Å²) in [4.78, 5) is 22.8. The van der Waals surface area contributed by atoms with Gasteiger partial charge in [-0.3, -0.25) is 4.90 Å². The molecule has 0 bridgehead atoms. The molecule has 8 nitrogen and oxygen atoms in total. The van der Waals surface area contributed by atoms with E-state index in [2.05, 4.69) is 15.3 Å². The Morgan fingerprint density at radius 1 is 1.00 bits per heavy atom. The van der Waals surface area contributed by atoms with E-state index in [-0.39, 0.29) is 11.4 Å². The number of halogens is 3. The summed E-state index contributed by atoms with van der Waals surface area (Å²) in [5.41, 5.74) is 2.28. The van der Waals surface area contributed by atoms with Crippen LogP contribution in [0.25, 0.3) is 0 Å². The number of nitrogens with one attached hydrogen (secondary N) is 1. The second-order valence-corrected chi connectivity index (χ2v) is 8.96. The number of carbonyl (C=O) groups is 1. The molecule has 0 aliphatic carbocycles. The number of hydrogen-bond donors (Lipinski definition) is 1. The van der Waals surface area contributed by atoms with E-state index >= 15 is 0 Å². The van der Waals surface area contributed by atoms with Gasteiger partial charge in [-0.15, -0.1) is 0 Å². The van der Waals surface area contributed by atoms with Crippen molar-refractivity contribution in [1.29, 1.82) is 0 Å². The first-order chi connectivity index (χ1) is 19.3. The summed E-state index contributed by atoms with van der Waals surface area (Å²) in [6, 6.07) is 19.6. The Balaban J connectivity index is 1.22. The summed E-state index contributed by atoms with van der Waals surface area (Å²) < 4.78 is 56.5. The molecule has 206 valence electrons. The summed E-state index contributed by atoms with van der Waals surface area (Å²) in [7, 11) is 1.16. The highest BCUT2D eigenvalue weighted by molar-refractivity contribution is 6.03. The smallest absolute Gasteiger partial charge is 0.420 e. The largest absolute Gasteiger partial charge is 0.496 e. The average Bonchev–Trinajstić information content (AvgIpc) is 3.37. The van der Waals surface area contributed by atoms with Crippen molar-refractivity contribution in [2.75, 3.05) is 23.9 Å². The molecule has 0 fully saturated rings. The van der Waals surface area contributed by atoms with Crippen LogP contribution in [0, 0.1) is 0 Å². The molecule has 1 N–H and O–H groups in total. The quantitative estimate of drug-likeness (QED) is 0.266. The Morgan fingerprint density at radius 3 is 2.60 bits per heavy atom. The lowest BCUT2D eigenvalue weighted by Gasteiger charge is -2.19. The molecule has 5 rings (SSSR count). The number of anilines is 2. The van der Waals surface area contributed by atoms with Crippen LogP contribution >= 0.6 is 0 Å². The van der Waals surface area contributed by atoms with Crippen LogP contribution in [-0.2, 0) is 30.5 Å². The van der Waals surface area contributed by atoms with Gasteiger partial charge in [0, 0.05) is 24.0 Å². The second kappa shape index (κ2) is 11.6. The van der Waals surface area contributed by atoms with Crippen molar-refractivity contribution in [3.8, 4) is 17.4 Å². The van der Waals surface area contributed by atoms with Gasteiger partial charge in [-0.1, -0.05) is 30.3 Å². The van der Waals surface area contributed by atoms with Gasteiger partial charge in [0.05, 0.1) is 31.6 Å². The molecule has 0 unspecified atom stereocenters. The maximum Gasteiger partial charge on any atom is 0.420 e. The lowest BCUT2D eigenvalue weighted by molar-refractivity contribution is -0.138. The molecule has 4 aromatic rings. The third-order valence-corrected chi connectivity index (χ3v) is 6.23. The third-order valence-electron chi connectivity index (χ3n) is 6.23. The van der Waals surface area contributed by atoms with Gasteiger partial charge >= 0.3 is 12.2 Å². The maximum atomic E-state index is 13.4. The van der Waals surface area contributed by atoms with Crippen LogP contribution in [0.3, 0.4) is 0 Å². The number of carbonyl (C=O) groups excluding carboxylic acids is 1. The fourth-order valence-corrected chi connectivity index (χ4v) is 4.33. The summed E-state index contributed by atoms with van der Waals surface area (Å²) in [5.74, 6) is 0.557. The number of rotatable bonds is 8. The number of ether oxygens (including phenoxy) is 3. The van der Waals surface area contributed by atoms with Gasteiger partial charge < -0.3 is 19.5 Å². The van der Waals surface area contributed by atoms with E-state index in [4.69, 9.17) is 14.2 Å². The summed E-state index contributed by atoms with van der Waals surface area (Å²) >= 11 is 0.